The Morgan fingerprint density at radius 3 is 2.08 bits per heavy atom. The minimum atomic E-state index is -4.27. The number of rotatable bonds is 8. The van der Waals surface area contributed by atoms with Gasteiger partial charge in [0.25, 0.3) is 17.7 Å². The molecule has 2 aromatic carbocycles. The van der Waals surface area contributed by atoms with Gasteiger partial charge in [0, 0.05) is 26.2 Å². The molecule has 1 aromatic heterocycles. The van der Waals surface area contributed by atoms with Crippen molar-refractivity contribution in [2.75, 3.05) is 32.8 Å². The van der Waals surface area contributed by atoms with Gasteiger partial charge in [-0.3, -0.25) is 14.4 Å². The number of carbonyl (C=O) groups is 3. The van der Waals surface area contributed by atoms with E-state index in [2.05, 4.69) is 5.32 Å². The van der Waals surface area contributed by atoms with Crippen molar-refractivity contribution in [3.63, 3.8) is 0 Å². The second-order valence-corrected chi connectivity index (χ2v) is 10.0. The molecule has 1 atom stereocenters. The summed E-state index contributed by atoms with van der Waals surface area (Å²) in [5, 5.41) is 0.455. The van der Waals surface area contributed by atoms with Gasteiger partial charge >= 0.3 is 0 Å². The molecule has 0 radical (unpaired) electrons. The van der Waals surface area contributed by atoms with Gasteiger partial charge in [-0.2, -0.15) is 0 Å². The van der Waals surface area contributed by atoms with Gasteiger partial charge in [-0.25, -0.2) is 8.42 Å². The Kier molecular flexibility index (Phi) is 7.69. The van der Waals surface area contributed by atoms with Crippen LogP contribution in [0.25, 0.3) is 0 Å². The van der Waals surface area contributed by atoms with Crippen molar-refractivity contribution in [1.82, 2.24) is 15.1 Å². The first kappa shape index (κ1) is 25.0. The average molecular weight is 512 g/mol. The SMILES string of the molecule is O=C(NC(C(=O)N1CCN(C(=O)COc2ccccc2)CC1)S(=O)(=O)c1ccccc1)c1ccco1. The number of hydrogen-bond acceptors (Lipinski definition) is 7. The molecule has 188 valence electrons. The van der Waals surface area contributed by atoms with Crippen LogP contribution in [0, 0.1) is 0 Å². The van der Waals surface area contributed by atoms with Crippen LogP contribution in [0.4, 0.5) is 0 Å². The van der Waals surface area contributed by atoms with E-state index in [0.29, 0.717) is 5.75 Å². The van der Waals surface area contributed by atoms with Crippen molar-refractivity contribution < 1.29 is 32.0 Å². The number of sulfone groups is 1. The van der Waals surface area contributed by atoms with Crippen LogP contribution in [0.1, 0.15) is 10.6 Å². The fourth-order valence-electron chi connectivity index (χ4n) is 3.71. The maximum atomic E-state index is 13.4. The van der Waals surface area contributed by atoms with Crippen LogP contribution in [-0.2, 0) is 19.4 Å². The zero-order valence-electron chi connectivity index (χ0n) is 19.3. The Labute approximate surface area is 208 Å². The molecule has 10 nitrogen and oxygen atoms in total. The van der Waals surface area contributed by atoms with Gasteiger partial charge < -0.3 is 24.3 Å². The molecule has 0 aliphatic carbocycles. The summed E-state index contributed by atoms with van der Waals surface area (Å²) in [4.78, 5) is 41.3. The van der Waals surface area contributed by atoms with E-state index in [1.54, 1.807) is 35.2 Å². The summed E-state index contributed by atoms with van der Waals surface area (Å²) < 4.78 is 37.2. The molecule has 4 rings (SSSR count). The Morgan fingerprint density at radius 2 is 1.47 bits per heavy atom. The van der Waals surface area contributed by atoms with Crippen molar-refractivity contribution in [3.05, 3.63) is 84.8 Å². The van der Waals surface area contributed by atoms with Crippen LogP contribution >= 0.6 is 0 Å². The van der Waals surface area contributed by atoms with Crippen molar-refractivity contribution >= 4 is 27.6 Å². The predicted molar refractivity (Wildman–Crippen MR) is 129 cm³/mol. The molecule has 0 spiro atoms. The van der Waals surface area contributed by atoms with Gasteiger partial charge in [0.05, 0.1) is 11.2 Å². The lowest BCUT2D eigenvalue weighted by atomic mass is 10.3. The van der Waals surface area contributed by atoms with Crippen LogP contribution in [-0.4, -0.2) is 74.1 Å². The monoisotopic (exact) mass is 511 g/mol. The van der Waals surface area contributed by atoms with Crippen LogP contribution in [0.5, 0.6) is 5.75 Å². The summed E-state index contributed by atoms with van der Waals surface area (Å²) in [5.41, 5.74) is 0. The fourth-order valence-corrected chi connectivity index (χ4v) is 5.20. The van der Waals surface area contributed by atoms with E-state index in [-0.39, 0.29) is 49.3 Å². The van der Waals surface area contributed by atoms with E-state index in [9.17, 15) is 22.8 Å². The van der Waals surface area contributed by atoms with Gasteiger partial charge in [-0.15, -0.1) is 0 Å². The predicted octanol–water partition coefficient (Wildman–Crippen LogP) is 1.56. The molecule has 1 saturated heterocycles. The topological polar surface area (TPSA) is 126 Å². The standard InChI is InChI=1S/C25H25N3O7S/c29-22(18-35-19-8-3-1-4-9-19)27-13-15-28(16-14-27)25(31)24(26-23(30)21-12-7-17-34-21)36(32,33)20-10-5-2-6-11-20/h1-12,17,24H,13-16,18H2,(H,26,30). The van der Waals surface area contributed by atoms with Crippen LogP contribution in [0.15, 0.2) is 88.4 Å². The third-order valence-corrected chi connectivity index (χ3v) is 7.53. The number of ether oxygens (including phenoxy) is 1. The first-order chi connectivity index (χ1) is 17.4. The second kappa shape index (κ2) is 11.1. The summed E-state index contributed by atoms with van der Waals surface area (Å²) in [6.07, 6.45) is 1.27. The molecule has 0 bridgehead atoms. The summed E-state index contributed by atoms with van der Waals surface area (Å²) in [5.74, 6) is -1.41. The van der Waals surface area contributed by atoms with E-state index in [0.717, 1.165) is 0 Å². The van der Waals surface area contributed by atoms with E-state index < -0.39 is 27.0 Å². The van der Waals surface area contributed by atoms with Gasteiger partial charge in [-0.05, 0) is 36.4 Å². The minimum Gasteiger partial charge on any atom is -0.484 e. The molecule has 1 aliphatic heterocycles. The van der Waals surface area contributed by atoms with E-state index in [1.165, 1.54) is 47.6 Å². The first-order valence-electron chi connectivity index (χ1n) is 11.2. The van der Waals surface area contributed by atoms with Crippen LogP contribution in [0.2, 0.25) is 0 Å². The Morgan fingerprint density at radius 1 is 0.861 bits per heavy atom. The van der Waals surface area contributed by atoms with Crippen molar-refractivity contribution in [1.29, 1.82) is 0 Å². The Bertz CT molecular complexity index is 1290. The number of hydrogen-bond donors (Lipinski definition) is 1. The largest absolute Gasteiger partial charge is 0.484 e. The number of carbonyl (C=O) groups excluding carboxylic acids is 3. The molecule has 1 fully saturated rings. The van der Waals surface area contributed by atoms with Crippen LogP contribution < -0.4 is 10.1 Å². The molecular weight excluding hydrogens is 486 g/mol. The number of nitrogens with zero attached hydrogens (tertiary/aromatic N) is 2. The van der Waals surface area contributed by atoms with Gasteiger partial charge in [-0.1, -0.05) is 36.4 Å². The lowest BCUT2D eigenvalue weighted by Crippen LogP contribution is -2.58. The van der Waals surface area contributed by atoms with E-state index >= 15 is 0 Å². The molecular formula is C25H25N3O7S. The minimum absolute atomic E-state index is 0.102. The van der Waals surface area contributed by atoms with Crippen molar-refractivity contribution in [2.45, 2.75) is 10.3 Å². The highest BCUT2D eigenvalue weighted by Crippen LogP contribution is 2.18. The third-order valence-electron chi connectivity index (χ3n) is 5.66. The maximum absolute atomic E-state index is 13.4. The highest BCUT2D eigenvalue weighted by Gasteiger charge is 2.40. The quantitative estimate of drug-likeness (QED) is 0.486. The molecule has 36 heavy (non-hydrogen) atoms. The zero-order valence-corrected chi connectivity index (χ0v) is 20.1. The number of benzene rings is 2. The number of para-hydroxylation sites is 1. The molecule has 1 aliphatic rings. The van der Waals surface area contributed by atoms with Crippen molar-refractivity contribution in [3.8, 4) is 5.75 Å². The number of amides is 3. The highest BCUT2D eigenvalue weighted by molar-refractivity contribution is 7.92. The molecule has 0 saturated carbocycles. The molecule has 2 heterocycles. The Balaban J connectivity index is 1.44. The summed E-state index contributed by atoms with van der Waals surface area (Å²) in [7, 11) is -4.27. The van der Waals surface area contributed by atoms with Gasteiger partial charge in [0.2, 0.25) is 15.2 Å². The molecule has 1 N–H and O–H groups in total. The van der Waals surface area contributed by atoms with Crippen molar-refractivity contribution in [2.24, 2.45) is 0 Å². The molecule has 3 aromatic rings. The molecule has 1 unspecified atom stereocenters. The van der Waals surface area contributed by atoms with E-state index in [4.69, 9.17) is 9.15 Å². The number of nitrogens with one attached hydrogen (secondary N) is 1. The lowest BCUT2D eigenvalue weighted by Gasteiger charge is -2.36. The Hall–Kier alpha value is -4.12. The average Bonchev–Trinajstić information content (AvgIpc) is 3.46. The first-order valence-corrected chi connectivity index (χ1v) is 12.8. The molecule has 3 amide bonds. The van der Waals surface area contributed by atoms with Gasteiger partial charge in [0.1, 0.15) is 5.75 Å². The normalized spacial score (nSPS) is 14.7. The summed E-state index contributed by atoms with van der Waals surface area (Å²) in [6, 6.07) is 19.2. The fraction of sp³-hybridized carbons (Fsp3) is 0.240. The lowest BCUT2D eigenvalue weighted by molar-refractivity contribution is -0.140. The van der Waals surface area contributed by atoms with Crippen LogP contribution in [0.3, 0.4) is 0 Å². The molecule has 11 heteroatoms. The second-order valence-electron chi connectivity index (χ2n) is 8.00. The number of furan rings is 1. The smallest absolute Gasteiger partial charge is 0.288 e. The van der Waals surface area contributed by atoms with Gasteiger partial charge in [0.15, 0.2) is 12.4 Å². The maximum Gasteiger partial charge on any atom is 0.288 e. The zero-order chi connectivity index (χ0) is 25.5. The number of piperazine rings is 1. The third kappa shape index (κ3) is 5.74. The highest BCUT2D eigenvalue weighted by atomic mass is 32.2. The van der Waals surface area contributed by atoms with E-state index in [1.807, 2.05) is 6.07 Å². The summed E-state index contributed by atoms with van der Waals surface area (Å²) in [6.45, 7) is 0.461. The summed E-state index contributed by atoms with van der Waals surface area (Å²) >= 11 is 0.